The third-order valence-electron chi connectivity index (χ3n) is 11.9. The quantitative estimate of drug-likeness (QED) is 0.169. The summed E-state index contributed by atoms with van der Waals surface area (Å²) in [6.45, 7) is 0. The summed E-state index contributed by atoms with van der Waals surface area (Å²) < 4.78 is 8.60. The first-order valence-corrected chi connectivity index (χ1v) is 20.2. The van der Waals surface area contributed by atoms with Crippen LogP contribution in [0.1, 0.15) is 0 Å². The van der Waals surface area contributed by atoms with Crippen molar-refractivity contribution in [3.05, 3.63) is 218 Å². The van der Waals surface area contributed by atoms with Gasteiger partial charge in [0.15, 0.2) is 0 Å². The van der Waals surface area contributed by atoms with Gasteiger partial charge in [-0.3, -0.25) is 0 Å². The third-order valence-corrected chi connectivity index (χ3v) is 11.9. The second kappa shape index (κ2) is 13.4. The van der Waals surface area contributed by atoms with Crippen molar-refractivity contribution in [1.82, 2.24) is 4.57 Å². The van der Waals surface area contributed by atoms with Gasteiger partial charge in [-0.2, -0.15) is 0 Å². The van der Waals surface area contributed by atoms with Crippen molar-refractivity contribution in [2.75, 3.05) is 4.90 Å². The molecule has 0 saturated heterocycles. The summed E-state index contributed by atoms with van der Waals surface area (Å²) in [6.07, 6.45) is 0. The number of nitrogens with zero attached hydrogens (tertiary/aromatic N) is 2. The van der Waals surface area contributed by atoms with Crippen LogP contribution in [0.15, 0.2) is 223 Å². The molecule has 0 aliphatic heterocycles. The van der Waals surface area contributed by atoms with E-state index in [0.717, 1.165) is 50.3 Å². The molecule has 0 aliphatic carbocycles. The lowest BCUT2D eigenvalue weighted by molar-refractivity contribution is 0.669. The van der Waals surface area contributed by atoms with Gasteiger partial charge in [0.05, 0.1) is 16.7 Å². The van der Waals surface area contributed by atoms with Gasteiger partial charge >= 0.3 is 0 Å². The van der Waals surface area contributed by atoms with Gasteiger partial charge in [0.25, 0.3) is 0 Å². The molecule has 0 atom stereocenters. The van der Waals surface area contributed by atoms with Crippen LogP contribution in [0.3, 0.4) is 0 Å². The van der Waals surface area contributed by atoms with E-state index in [9.17, 15) is 0 Å². The zero-order valence-corrected chi connectivity index (χ0v) is 32.1. The maximum atomic E-state index is 6.21. The minimum Gasteiger partial charge on any atom is -0.456 e. The Kier molecular flexibility index (Phi) is 7.54. The molecule has 0 bridgehead atoms. The molecule has 3 heteroatoms. The van der Waals surface area contributed by atoms with Gasteiger partial charge in [-0.15, -0.1) is 0 Å². The normalized spacial score (nSPS) is 11.7. The Bertz CT molecular complexity index is 3510. The van der Waals surface area contributed by atoms with Gasteiger partial charge in [-0.25, -0.2) is 0 Å². The first kappa shape index (κ1) is 33.3. The summed E-state index contributed by atoms with van der Waals surface area (Å²) in [6, 6.07) is 79.0. The molecule has 0 fully saturated rings. The van der Waals surface area contributed by atoms with Gasteiger partial charge in [0, 0.05) is 44.2 Å². The fourth-order valence-corrected chi connectivity index (χ4v) is 9.20. The highest BCUT2D eigenvalue weighted by molar-refractivity contribution is 6.12. The van der Waals surface area contributed by atoms with E-state index in [-0.39, 0.29) is 0 Å². The zero-order chi connectivity index (χ0) is 38.9. The highest BCUT2D eigenvalue weighted by Gasteiger charge is 2.21. The van der Waals surface area contributed by atoms with Crippen molar-refractivity contribution in [3.63, 3.8) is 0 Å². The summed E-state index contributed by atoms with van der Waals surface area (Å²) >= 11 is 0. The molecule has 3 nitrogen and oxygen atoms in total. The van der Waals surface area contributed by atoms with Crippen LogP contribution < -0.4 is 4.90 Å². The first-order chi connectivity index (χ1) is 29.2. The van der Waals surface area contributed by atoms with E-state index in [4.69, 9.17) is 4.42 Å². The smallest absolute Gasteiger partial charge is 0.135 e. The molecule has 10 aromatic carbocycles. The van der Waals surface area contributed by atoms with Crippen molar-refractivity contribution < 1.29 is 4.42 Å². The monoisotopic (exact) mass is 752 g/mol. The van der Waals surface area contributed by atoms with Crippen LogP contribution in [0.5, 0.6) is 0 Å². The van der Waals surface area contributed by atoms with Gasteiger partial charge in [-0.05, 0) is 111 Å². The van der Waals surface area contributed by atoms with Crippen LogP contribution in [-0.4, -0.2) is 4.57 Å². The number of hydrogen-bond donors (Lipinski definition) is 0. The Balaban J connectivity index is 1.03. The van der Waals surface area contributed by atoms with E-state index in [1.165, 1.54) is 60.0 Å². The molecule has 0 amide bonds. The summed E-state index contributed by atoms with van der Waals surface area (Å²) in [5.74, 6) is 0. The summed E-state index contributed by atoms with van der Waals surface area (Å²) in [5, 5.41) is 9.55. The zero-order valence-electron chi connectivity index (χ0n) is 32.1. The number of anilines is 3. The number of aromatic nitrogens is 1. The van der Waals surface area contributed by atoms with Gasteiger partial charge < -0.3 is 13.9 Å². The topological polar surface area (TPSA) is 21.3 Å². The fraction of sp³-hybridized carbons (Fsp3) is 0. The van der Waals surface area contributed by atoms with Gasteiger partial charge in [-0.1, -0.05) is 146 Å². The number of fused-ring (bicyclic) bond motifs is 8. The van der Waals surface area contributed by atoms with Crippen LogP contribution in [0.2, 0.25) is 0 Å². The van der Waals surface area contributed by atoms with Crippen molar-refractivity contribution in [2.24, 2.45) is 0 Å². The van der Waals surface area contributed by atoms with E-state index in [0.29, 0.717) is 0 Å². The fourth-order valence-electron chi connectivity index (χ4n) is 9.20. The molecule has 2 heterocycles. The average Bonchev–Trinajstić information content (AvgIpc) is 3.84. The molecule has 12 rings (SSSR count). The Morgan fingerprint density at radius 2 is 0.915 bits per heavy atom. The maximum Gasteiger partial charge on any atom is 0.135 e. The summed E-state index contributed by atoms with van der Waals surface area (Å²) in [4.78, 5) is 2.42. The Morgan fingerprint density at radius 3 is 1.68 bits per heavy atom. The summed E-state index contributed by atoms with van der Waals surface area (Å²) in [7, 11) is 0. The van der Waals surface area contributed by atoms with Gasteiger partial charge in [0.2, 0.25) is 0 Å². The number of para-hydroxylation sites is 3. The van der Waals surface area contributed by atoms with Crippen LogP contribution in [0, 0.1) is 0 Å². The number of benzene rings is 10. The van der Waals surface area contributed by atoms with Crippen molar-refractivity contribution in [2.45, 2.75) is 0 Å². The Morgan fingerprint density at radius 1 is 0.339 bits per heavy atom. The number of furan rings is 1. The standard InChI is InChI=1S/C56H36N2O/c1-3-15-39-33-42(28-25-37(39)13-1)57(43-29-26-38-14-2-4-16-40(38)34-43)52-22-10-7-19-47(52)46-18-6-5-17-45(46)41-27-31-54-50(35-41)48-20-8-11-23-53(48)58(54)44-30-32-56-51(36-44)49-21-9-12-24-55(49)59-56/h1-36H. The Labute approximate surface area is 341 Å². The minimum absolute atomic E-state index is 0.898. The van der Waals surface area contributed by atoms with E-state index in [1.54, 1.807) is 0 Å². The second-order valence-electron chi connectivity index (χ2n) is 15.3. The lowest BCUT2D eigenvalue weighted by atomic mass is 9.92. The van der Waals surface area contributed by atoms with Crippen molar-refractivity contribution in [3.8, 4) is 27.9 Å². The molecule has 0 radical (unpaired) electrons. The van der Waals surface area contributed by atoms with Crippen molar-refractivity contribution >= 4 is 82.4 Å². The highest BCUT2D eigenvalue weighted by Crippen LogP contribution is 2.45. The second-order valence-corrected chi connectivity index (χ2v) is 15.3. The minimum atomic E-state index is 0.898. The lowest BCUT2D eigenvalue weighted by Crippen LogP contribution is -2.11. The molecular formula is C56H36N2O. The molecule has 0 unspecified atom stereocenters. The number of hydrogen-bond acceptors (Lipinski definition) is 2. The SMILES string of the molecule is c1ccc(-c2ccccc2N(c2ccc3ccccc3c2)c2ccc3ccccc3c2)c(-c2ccc3c(c2)c2ccccc2n3-c2ccc3oc4ccccc4c3c2)c1. The van der Waals surface area contributed by atoms with E-state index < -0.39 is 0 Å². The molecule has 2 aromatic heterocycles. The first-order valence-electron chi connectivity index (χ1n) is 20.2. The van der Waals surface area contributed by atoms with Crippen molar-refractivity contribution in [1.29, 1.82) is 0 Å². The molecule has 12 aromatic rings. The predicted octanol–water partition coefficient (Wildman–Crippen LogP) is 15.8. The highest BCUT2D eigenvalue weighted by atomic mass is 16.3. The summed E-state index contributed by atoms with van der Waals surface area (Å²) in [5.41, 5.74) is 13.3. The van der Waals surface area contributed by atoms with Crippen LogP contribution in [0.25, 0.3) is 93.2 Å². The van der Waals surface area contributed by atoms with Crippen LogP contribution in [0.4, 0.5) is 17.1 Å². The molecule has 0 aliphatic rings. The van der Waals surface area contributed by atoms with E-state index in [1.807, 2.05) is 12.1 Å². The molecule has 276 valence electrons. The van der Waals surface area contributed by atoms with E-state index >= 15 is 0 Å². The Hall–Kier alpha value is -7.88. The maximum absolute atomic E-state index is 6.21. The van der Waals surface area contributed by atoms with Gasteiger partial charge in [0.1, 0.15) is 11.2 Å². The molecule has 0 spiro atoms. The van der Waals surface area contributed by atoms with E-state index in [2.05, 4.69) is 216 Å². The van der Waals surface area contributed by atoms with Crippen LogP contribution in [-0.2, 0) is 0 Å². The predicted molar refractivity (Wildman–Crippen MR) is 249 cm³/mol. The molecular weight excluding hydrogens is 717 g/mol. The molecule has 0 saturated carbocycles. The number of rotatable bonds is 6. The largest absolute Gasteiger partial charge is 0.456 e. The van der Waals surface area contributed by atoms with Crippen LogP contribution >= 0.6 is 0 Å². The third kappa shape index (κ3) is 5.44. The lowest BCUT2D eigenvalue weighted by Gasteiger charge is -2.29. The average molecular weight is 753 g/mol. The molecule has 0 N–H and O–H groups in total. The molecule has 59 heavy (non-hydrogen) atoms.